The van der Waals surface area contributed by atoms with Crippen LogP contribution in [0.25, 0.3) is 90.7 Å². The maximum absolute atomic E-state index is 12.7. The van der Waals surface area contributed by atoms with Crippen LogP contribution < -0.4 is 44.9 Å². The number of nitrogens with zero attached hydrogens (tertiary/aromatic N) is 18. The van der Waals surface area contributed by atoms with Crippen LogP contribution in [0.3, 0.4) is 0 Å². The second-order valence-electron chi connectivity index (χ2n) is 29.3. The number of anilines is 3. The average molecular weight is 1550 g/mol. The molecule has 3 aromatic carbocycles. The van der Waals surface area contributed by atoms with Crippen molar-refractivity contribution < 1.29 is 37.9 Å². The minimum Gasteiger partial charge on any atom is -0.491 e. The van der Waals surface area contributed by atoms with Gasteiger partial charge in [-0.1, -0.05) is 94.2 Å². The molecule has 6 N–H and O–H groups in total. The van der Waals surface area contributed by atoms with Gasteiger partial charge in [0.1, 0.15) is 79.2 Å². The van der Waals surface area contributed by atoms with Crippen LogP contribution in [0.4, 0.5) is 17.5 Å². The first-order valence-corrected chi connectivity index (χ1v) is 40.9. The molecule has 0 radical (unpaired) electrons. The molecule has 0 bridgehead atoms. The van der Waals surface area contributed by atoms with E-state index < -0.39 is 28.3 Å². The quantitative estimate of drug-likeness (QED) is 0.0265. The van der Waals surface area contributed by atoms with Crippen LogP contribution in [0, 0.1) is 6.92 Å². The van der Waals surface area contributed by atoms with Crippen LogP contribution in [0.1, 0.15) is 102 Å². The third-order valence-corrected chi connectivity index (χ3v) is 22.1. The second kappa shape index (κ2) is 37.7. The van der Waals surface area contributed by atoms with Crippen molar-refractivity contribution in [2.75, 3.05) is 103 Å². The first-order valence-electron chi connectivity index (χ1n) is 39.0. The third kappa shape index (κ3) is 19.8. The number of imidazole rings is 2. The highest BCUT2D eigenvalue weighted by molar-refractivity contribution is 7.89. The van der Waals surface area contributed by atoms with E-state index in [0.717, 1.165) is 87.2 Å². The average Bonchev–Trinajstić information content (AvgIpc) is 1.62. The molecule has 3 aliphatic rings. The molecule has 0 spiro atoms. The molecule has 3 aliphatic carbocycles. The molecule has 30 heteroatoms. The summed E-state index contributed by atoms with van der Waals surface area (Å²) >= 11 is 0. The number of aliphatic hydroxyl groups excluding tert-OH is 3. The minimum absolute atomic E-state index is 0.144. The summed E-state index contributed by atoms with van der Waals surface area (Å²) in [7, 11) is 8.09. The lowest BCUT2D eigenvalue weighted by Crippen LogP contribution is -2.34. The molecule has 15 rings (SSSR count). The van der Waals surface area contributed by atoms with Crippen molar-refractivity contribution >= 4 is 49.9 Å². The van der Waals surface area contributed by atoms with Crippen LogP contribution in [0.2, 0.25) is 0 Å². The van der Waals surface area contributed by atoms with Gasteiger partial charge in [0.15, 0.2) is 28.8 Å². The zero-order valence-electron chi connectivity index (χ0n) is 65.6. The Balaban J connectivity index is 0.000000149. The standard InChI is InChI=1S/C29H37N7O4S.2C27H33N7O2/c1-19-26(25-16-36(41(4,38)39)29-24(25)15-31-18-32-29)33-27(34-28(19)35(3)21-10-6-5-7-11-21)20-9-8-12-23(13-20)40-17-22(37)14-30-2;1-28-16-21(35)18-36-22-11-6-8-19(14-22)26-31-23(24-17-30-27-29-12-7-13-34(24)27)15-25(32-26)33(2)20-9-4-3-5-10-20;1-28-15-21(35)18-36-22-10-6-7-19(13-22)27-31-23(24-16-30-26-17-29-11-12-34(24)26)14-25(32-27)33(2)20-8-4-3-5-9-20/h8-9,12-13,15-16,18,21-22,30,37H,5-7,10-11,14,17H2,1-4H3;6-8,11-15,17,20-21,28,35H,3-5,9-10,16,18H2,1-2H3;6-7,10-14,16-17,20-21,28,35H,3-5,8-9,15,18H2,1-2H3/t22-;;/m1../s1. The van der Waals surface area contributed by atoms with E-state index in [0.29, 0.717) is 101 Å². The molecule has 0 saturated heterocycles. The third-order valence-electron chi connectivity index (χ3n) is 21.1. The van der Waals surface area contributed by atoms with E-state index in [1.807, 2.05) is 125 Å². The maximum Gasteiger partial charge on any atom is 0.237 e. The van der Waals surface area contributed by atoms with Gasteiger partial charge in [0.05, 0.1) is 53.3 Å². The molecule has 3 saturated carbocycles. The fraction of sp³-hybridized carbons (Fsp3) is 0.422. The van der Waals surface area contributed by atoms with Gasteiger partial charge in [0, 0.05) is 141 Å². The summed E-state index contributed by atoms with van der Waals surface area (Å²) in [6.07, 6.45) is 34.6. The lowest BCUT2D eigenvalue weighted by atomic mass is 9.94. The highest BCUT2D eigenvalue weighted by Crippen LogP contribution is 2.40. The SMILES string of the molecule is CNCC(O)COc1cccc(-c2nc(-c3cnc4cnccn34)cc(N(C)C3CCCCC3)n2)c1.CNCC(O)COc1cccc(-c2nc(-c3cnc4ncccn34)cc(N(C)C3CCCCC3)n2)c1.CNC[C@@H](O)COc1cccc(-c2nc(-c3cn(S(C)(=O)=O)c4ncncc34)c(C)c(N(C)C3CCCCC3)n2)c1. The van der Waals surface area contributed by atoms with Gasteiger partial charge in [-0.2, -0.15) is 0 Å². The van der Waals surface area contributed by atoms with Crippen molar-refractivity contribution in [1.82, 2.24) is 88.5 Å². The number of aromatic nitrogens is 15. The highest BCUT2D eigenvalue weighted by atomic mass is 32.2. The number of fused-ring (bicyclic) bond motifs is 3. The molecule has 29 nitrogen and oxygen atoms in total. The number of hydrogen-bond acceptors (Lipinski definition) is 26. The minimum atomic E-state index is -3.63. The lowest BCUT2D eigenvalue weighted by molar-refractivity contribution is 0.108. The van der Waals surface area contributed by atoms with Crippen LogP contribution >= 0.6 is 0 Å². The molecule has 594 valence electrons. The lowest BCUT2D eigenvalue weighted by Gasteiger charge is -2.33. The summed E-state index contributed by atoms with van der Waals surface area (Å²) in [5.74, 6) is 6.85. The second-order valence-corrected chi connectivity index (χ2v) is 31.2. The number of hydrogen-bond donors (Lipinski definition) is 6. The van der Waals surface area contributed by atoms with Crippen molar-refractivity contribution in [2.45, 2.75) is 140 Å². The van der Waals surface area contributed by atoms with Crippen molar-refractivity contribution in [3.63, 3.8) is 0 Å². The van der Waals surface area contributed by atoms with Crippen molar-refractivity contribution in [3.05, 3.63) is 159 Å². The monoisotopic (exact) mass is 1550 g/mol. The Bertz CT molecular complexity index is 5060. The molecule has 113 heavy (non-hydrogen) atoms. The Morgan fingerprint density at radius 2 is 0.991 bits per heavy atom. The molecule has 9 heterocycles. The molecule has 0 aliphatic heterocycles. The Hall–Kier alpha value is -10.7. The Labute approximate surface area is 659 Å². The summed E-state index contributed by atoms with van der Waals surface area (Å²) in [5, 5.41) is 39.5. The Morgan fingerprint density at radius 3 is 1.49 bits per heavy atom. The maximum atomic E-state index is 12.7. The summed E-state index contributed by atoms with van der Waals surface area (Å²) in [6.45, 7) is 3.89. The van der Waals surface area contributed by atoms with Gasteiger partial charge in [-0.05, 0) is 109 Å². The van der Waals surface area contributed by atoms with Crippen LogP contribution in [0.15, 0.2) is 153 Å². The first-order chi connectivity index (χ1) is 54.9. The smallest absolute Gasteiger partial charge is 0.237 e. The predicted octanol–water partition coefficient (Wildman–Crippen LogP) is 10.6. The first kappa shape index (κ1) is 80.3. The van der Waals surface area contributed by atoms with E-state index in [9.17, 15) is 23.7 Å². The number of aliphatic hydroxyl groups is 3. The summed E-state index contributed by atoms with van der Waals surface area (Å²) < 4.78 is 48.0. The summed E-state index contributed by atoms with van der Waals surface area (Å²) in [5.41, 5.74) is 8.93. The normalized spacial score (nSPS) is 15.2. The summed E-state index contributed by atoms with van der Waals surface area (Å²) in [6, 6.07) is 30.1. The highest BCUT2D eigenvalue weighted by Gasteiger charge is 2.29. The summed E-state index contributed by atoms with van der Waals surface area (Å²) in [4.78, 5) is 62.7. The van der Waals surface area contributed by atoms with Crippen LogP contribution in [0.5, 0.6) is 17.2 Å². The topological polar surface area (TPSA) is 337 Å². The van der Waals surface area contributed by atoms with E-state index >= 15 is 0 Å². The molecule has 3 atom stereocenters. The largest absolute Gasteiger partial charge is 0.491 e. The number of nitrogens with one attached hydrogen (secondary N) is 3. The van der Waals surface area contributed by atoms with Crippen LogP contribution in [-0.4, -0.2) is 221 Å². The number of rotatable bonds is 28. The van der Waals surface area contributed by atoms with Gasteiger partial charge >= 0.3 is 0 Å². The van der Waals surface area contributed by atoms with Gasteiger partial charge < -0.3 is 60.2 Å². The van der Waals surface area contributed by atoms with Gasteiger partial charge in [0.25, 0.3) is 0 Å². The fourth-order valence-corrected chi connectivity index (χ4v) is 15.8. The fourth-order valence-electron chi connectivity index (χ4n) is 15.0. The van der Waals surface area contributed by atoms with E-state index in [1.54, 1.807) is 52.1 Å². The van der Waals surface area contributed by atoms with Gasteiger partial charge in [0.2, 0.25) is 15.8 Å². The van der Waals surface area contributed by atoms with Crippen molar-refractivity contribution in [2.24, 2.45) is 0 Å². The molecular formula is C83H103N21O8S. The van der Waals surface area contributed by atoms with E-state index in [1.165, 1.54) is 93.8 Å². The molecule has 3 fully saturated rings. The Kier molecular flexibility index (Phi) is 26.8. The molecule has 0 amide bonds. The zero-order chi connectivity index (χ0) is 79.0. The van der Waals surface area contributed by atoms with Crippen LogP contribution in [-0.2, 0) is 10.0 Å². The Morgan fingerprint density at radius 1 is 0.513 bits per heavy atom. The van der Waals surface area contributed by atoms with E-state index in [-0.39, 0.29) is 19.8 Å². The van der Waals surface area contributed by atoms with Gasteiger partial charge in [-0.15, -0.1) is 0 Å². The molecule has 12 aromatic rings. The molecular weight excluding hydrogens is 1450 g/mol. The van der Waals surface area contributed by atoms with E-state index in [4.69, 9.17) is 44.1 Å². The van der Waals surface area contributed by atoms with Gasteiger partial charge in [-0.25, -0.2) is 67.2 Å². The molecule has 9 aromatic heterocycles. The van der Waals surface area contributed by atoms with Gasteiger partial charge in [-0.3, -0.25) is 13.8 Å². The number of benzene rings is 3. The van der Waals surface area contributed by atoms with Crippen molar-refractivity contribution in [1.29, 1.82) is 0 Å². The van der Waals surface area contributed by atoms with Crippen molar-refractivity contribution in [3.8, 4) is 85.4 Å². The molecule has 2 unspecified atom stereocenters. The number of likely N-dealkylation sites (N-methyl/N-ethyl adjacent to an activating group) is 3. The number of ether oxygens (including phenoxy) is 3. The predicted molar refractivity (Wildman–Crippen MR) is 440 cm³/mol. The van der Waals surface area contributed by atoms with E-state index in [2.05, 4.69) is 87.8 Å². The zero-order valence-corrected chi connectivity index (χ0v) is 66.4.